The maximum atomic E-state index is 12.5. The van der Waals surface area contributed by atoms with Gasteiger partial charge in [-0.3, -0.25) is 14.4 Å². The van der Waals surface area contributed by atoms with Crippen LogP contribution >= 0.6 is 11.3 Å². The average molecular weight is 469 g/mol. The number of amides is 2. The molecule has 0 radical (unpaired) electrons. The molecule has 3 heterocycles. The Morgan fingerprint density at radius 2 is 2.15 bits per heavy atom. The van der Waals surface area contributed by atoms with Gasteiger partial charge in [-0.1, -0.05) is 17.4 Å². The van der Waals surface area contributed by atoms with E-state index in [1.165, 1.54) is 17.4 Å². The first-order chi connectivity index (χ1) is 15.8. The summed E-state index contributed by atoms with van der Waals surface area (Å²) in [5.74, 6) is 0.492. The van der Waals surface area contributed by atoms with E-state index in [1.54, 1.807) is 19.1 Å². The van der Waals surface area contributed by atoms with Crippen molar-refractivity contribution in [3.8, 4) is 5.75 Å². The highest BCUT2D eigenvalue weighted by atomic mass is 32.1. The zero-order valence-corrected chi connectivity index (χ0v) is 19.9. The van der Waals surface area contributed by atoms with E-state index in [0.29, 0.717) is 48.7 Å². The van der Waals surface area contributed by atoms with Gasteiger partial charge in [-0.05, 0) is 51.5 Å². The molecule has 2 amide bonds. The number of anilines is 3. The molecule has 0 atom stereocenters. The normalized spacial score (nSPS) is 16.6. The minimum atomic E-state index is -0.326. The molecule has 2 N–H and O–H groups in total. The lowest BCUT2D eigenvalue weighted by Crippen LogP contribution is -2.48. The highest BCUT2D eigenvalue weighted by Crippen LogP contribution is 2.41. The van der Waals surface area contributed by atoms with Crippen LogP contribution in [0, 0.1) is 0 Å². The van der Waals surface area contributed by atoms with E-state index < -0.39 is 0 Å². The van der Waals surface area contributed by atoms with Crippen molar-refractivity contribution in [2.24, 2.45) is 0 Å². The number of fused-ring (bicyclic) bond motifs is 2. The molecule has 9 heteroatoms. The van der Waals surface area contributed by atoms with Crippen LogP contribution < -0.4 is 20.3 Å². The van der Waals surface area contributed by atoms with E-state index in [9.17, 15) is 14.4 Å². The third-order valence-electron chi connectivity index (χ3n) is 5.47. The fourth-order valence-corrected chi connectivity index (χ4v) is 5.01. The topological polar surface area (TPSA) is 101 Å². The van der Waals surface area contributed by atoms with Crippen LogP contribution in [0.1, 0.15) is 55.4 Å². The van der Waals surface area contributed by atoms with Crippen LogP contribution in [0.15, 0.2) is 30.4 Å². The predicted molar refractivity (Wildman–Crippen MR) is 129 cm³/mol. The number of hydrogen-bond acceptors (Lipinski definition) is 7. The maximum Gasteiger partial charge on any atom is 0.263 e. The Morgan fingerprint density at radius 1 is 1.33 bits per heavy atom. The number of ether oxygens (including phenoxy) is 1. The van der Waals surface area contributed by atoms with Crippen molar-refractivity contribution in [3.05, 3.63) is 40.9 Å². The molecule has 8 nitrogen and oxygen atoms in total. The van der Waals surface area contributed by atoms with E-state index in [-0.39, 0.29) is 29.6 Å². The lowest BCUT2D eigenvalue weighted by atomic mass is 9.94. The van der Waals surface area contributed by atoms with Gasteiger partial charge < -0.3 is 20.3 Å². The largest absolute Gasteiger partial charge is 0.490 e. The molecule has 2 aliphatic rings. The van der Waals surface area contributed by atoms with Gasteiger partial charge in [0.25, 0.3) is 5.91 Å². The summed E-state index contributed by atoms with van der Waals surface area (Å²) in [6, 6.07) is 5.49. The van der Waals surface area contributed by atoms with Crippen molar-refractivity contribution in [2.75, 3.05) is 23.4 Å². The Bertz CT molecular complexity index is 1120. The molecule has 0 unspecified atom stereocenters. The molecule has 0 fully saturated rings. The van der Waals surface area contributed by atoms with Crippen molar-refractivity contribution in [3.63, 3.8) is 0 Å². The number of hydrogen-bond donors (Lipinski definition) is 2. The van der Waals surface area contributed by atoms with Crippen LogP contribution in [0.25, 0.3) is 0 Å². The minimum absolute atomic E-state index is 0.0232. The summed E-state index contributed by atoms with van der Waals surface area (Å²) in [6.07, 6.45) is 5.02. The van der Waals surface area contributed by atoms with Gasteiger partial charge in [-0.25, -0.2) is 4.98 Å². The number of ketones is 1. The summed E-state index contributed by atoms with van der Waals surface area (Å²) in [5, 5.41) is 6.67. The van der Waals surface area contributed by atoms with Gasteiger partial charge in [0.1, 0.15) is 17.2 Å². The van der Waals surface area contributed by atoms with Gasteiger partial charge in [0.15, 0.2) is 10.9 Å². The van der Waals surface area contributed by atoms with E-state index in [2.05, 4.69) is 10.6 Å². The second-order valence-corrected chi connectivity index (χ2v) is 9.82. The Labute approximate surface area is 197 Å². The van der Waals surface area contributed by atoms with Crippen LogP contribution in [0.4, 0.5) is 16.5 Å². The molecular formula is C24H28N4O4S. The zero-order chi connectivity index (χ0) is 23.6. The fourth-order valence-electron chi connectivity index (χ4n) is 3.99. The van der Waals surface area contributed by atoms with E-state index in [1.807, 2.05) is 30.9 Å². The molecule has 4 rings (SSSR count). The molecule has 2 aromatic rings. The molecule has 33 heavy (non-hydrogen) atoms. The number of nitrogens with zero attached hydrogens (tertiary/aromatic N) is 2. The lowest BCUT2D eigenvalue weighted by molar-refractivity contribution is -0.116. The number of carbonyl (C=O) groups excluding carboxylic acids is 3. The van der Waals surface area contributed by atoms with Crippen LogP contribution in [0.2, 0.25) is 0 Å². The Kier molecular flexibility index (Phi) is 6.51. The summed E-state index contributed by atoms with van der Waals surface area (Å²) in [4.78, 5) is 43.9. The highest BCUT2D eigenvalue weighted by Gasteiger charge is 2.34. The number of benzene rings is 1. The number of carbonyl (C=O) groups is 3. The third kappa shape index (κ3) is 5.24. The molecule has 2 aliphatic heterocycles. The Morgan fingerprint density at radius 3 is 2.94 bits per heavy atom. The minimum Gasteiger partial charge on any atom is -0.490 e. The van der Waals surface area contributed by atoms with E-state index in [0.717, 1.165) is 16.5 Å². The van der Waals surface area contributed by atoms with Gasteiger partial charge in [-0.2, -0.15) is 0 Å². The van der Waals surface area contributed by atoms with Gasteiger partial charge in [0, 0.05) is 30.5 Å². The predicted octanol–water partition coefficient (Wildman–Crippen LogP) is 3.99. The van der Waals surface area contributed by atoms with Gasteiger partial charge >= 0.3 is 0 Å². The molecule has 0 aliphatic carbocycles. The van der Waals surface area contributed by atoms with Crippen molar-refractivity contribution in [1.29, 1.82) is 0 Å². The number of aromatic nitrogens is 1. The number of rotatable bonds is 7. The molecule has 0 saturated heterocycles. The summed E-state index contributed by atoms with van der Waals surface area (Å²) in [5.41, 5.74) is 1.93. The Balaban J connectivity index is 1.50. The van der Waals surface area contributed by atoms with Crippen LogP contribution in [-0.4, -0.2) is 41.3 Å². The highest BCUT2D eigenvalue weighted by molar-refractivity contribution is 7.17. The monoisotopic (exact) mass is 468 g/mol. The number of nitrogens with one attached hydrogen (secondary N) is 2. The molecule has 1 aromatic heterocycles. The standard InChI is InChI=1S/C24H28N4O4S/c1-4-6-16(29)7-5-8-20(30)25-15-9-10-19-18(13-15)28(11-12-32-19)23-26-17-14-24(2,3)27-22(31)21(17)33-23/h4,6,9-10,13H,5,7-8,11-12,14H2,1-3H3,(H,25,30)(H,27,31). The van der Waals surface area contributed by atoms with Gasteiger partial charge in [0.05, 0.1) is 17.9 Å². The van der Waals surface area contributed by atoms with Crippen LogP contribution in [0.3, 0.4) is 0 Å². The molecule has 1 aromatic carbocycles. The van der Waals surface area contributed by atoms with E-state index in [4.69, 9.17) is 9.72 Å². The van der Waals surface area contributed by atoms with Gasteiger partial charge in [0.2, 0.25) is 5.91 Å². The fraction of sp³-hybridized carbons (Fsp3) is 0.417. The summed E-state index contributed by atoms with van der Waals surface area (Å²) in [7, 11) is 0. The van der Waals surface area contributed by atoms with Crippen molar-refractivity contribution >= 4 is 45.4 Å². The van der Waals surface area contributed by atoms with Gasteiger partial charge in [-0.15, -0.1) is 0 Å². The quantitative estimate of drug-likeness (QED) is 0.596. The summed E-state index contributed by atoms with van der Waals surface area (Å²) in [6.45, 7) is 6.87. The zero-order valence-electron chi connectivity index (χ0n) is 19.1. The average Bonchev–Trinajstić information content (AvgIpc) is 3.16. The lowest BCUT2D eigenvalue weighted by Gasteiger charge is -2.29. The van der Waals surface area contributed by atoms with Crippen LogP contribution in [-0.2, 0) is 16.0 Å². The smallest absolute Gasteiger partial charge is 0.263 e. The number of allylic oxidation sites excluding steroid dienone is 2. The molecular weight excluding hydrogens is 440 g/mol. The first-order valence-corrected chi connectivity index (χ1v) is 11.9. The second kappa shape index (κ2) is 9.35. The summed E-state index contributed by atoms with van der Waals surface area (Å²) < 4.78 is 5.80. The summed E-state index contributed by atoms with van der Waals surface area (Å²) >= 11 is 1.37. The molecule has 0 bridgehead atoms. The third-order valence-corrected chi connectivity index (χ3v) is 6.59. The van der Waals surface area contributed by atoms with Crippen LogP contribution in [0.5, 0.6) is 5.75 Å². The Hall–Kier alpha value is -3.20. The first-order valence-electron chi connectivity index (χ1n) is 11.1. The SMILES string of the molecule is CC=CC(=O)CCCC(=O)Nc1ccc2c(c1)N(c1nc3c(s1)C(=O)NC(C)(C)C3)CCO2. The van der Waals surface area contributed by atoms with Crippen molar-refractivity contribution in [2.45, 2.75) is 52.0 Å². The maximum absolute atomic E-state index is 12.5. The number of thiazole rings is 1. The van der Waals surface area contributed by atoms with E-state index >= 15 is 0 Å². The van der Waals surface area contributed by atoms with Crippen molar-refractivity contribution < 1.29 is 19.1 Å². The first kappa shape index (κ1) is 23.0. The molecule has 0 saturated carbocycles. The second-order valence-electron chi connectivity index (χ2n) is 8.84. The molecule has 0 spiro atoms. The van der Waals surface area contributed by atoms with Crippen molar-refractivity contribution in [1.82, 2.24) is 10.3 Å². The molecule has 174 valence electrons.